The molecule has 0 atom stereocenters. The van der Waals surface area contributed by atoms with Crippen molar-refractivity contribution in [2.45, 2.75) is 31.9 Å². The van der Waals surface area contributed by atoms with E-state index in [2.05, 4.69) is 9.88 Å². The second-order valence-electron chi connectivity index (χ2n) is 6.87. The normalized spacial score (nSPS) is 20.4. The number of likely N-dealkylation sites (tertiary alicyclic amines) is 1. The molecule has 2 aliphatic rings. The van der Waals surface area contributed by atoms with Gasteiger partial charge in [-0.25, -0.2) is 4.39 Å². The maximum Gasteiger partial charge on any atom is 0.298 e. The van der Waals surface area contributed by atoms with E-state index in [4.69, 9.17) is 16.0 Å². The number of fused-ring (bicyclic) bond motifs is 1. The molecule has 2 fully saturated rings. The fourth-order valence-electron chi connectivity index (χ4n) is 3.67. The van der Waals surface area contributed by atoms with Gasteiger partial charge in [0.25, 0.3) is 6.01 Å². The molecule has 25 heavy (non-hydrogen) atoms. The lowest BCUT2D eigenvalue weighted by atomic mass is 9.94. The minimum Gasteiger partial charge on any atom is -0.423 e. The topological polar surface area (TPSA) is 49.6 Å². The van der Waals surface area contributed by atoms with Gasteiger partial charge in [0.2, 0.25) is 5.91 Å². The van der Waals surface area contributed by atoms with Gasteiger partial charge in [0.05, 0.1) is 0 Å². The van der Waals surface area contributed by atoms with E-state index in [1.807, 2.05) is 11.0 Å². The van der Waals surface area contributed by atoms with E-state index < -0.39 is 6.17 Å². The van der Waals surface area contributed by atoms with Crippen LogP contribution in [0.3, 0.4) is 0 Å². The van der Waals surface area contributed by atoms with E-state index in [9.17, 15) is 9.18 Å². The maximum atomic E-state index is 13.2. The second-order valence-corrected chi connectivity index (χ2v) is 7.31. The molecule has 2 saturated heterocycles. The van der Waals surface area contributed by atoms with Crippen LogP contribution >= 0.6 is 11.6 Å². The van der Waals surface area contributed by atoms with Gasteiger partial charge in [0.15, 0.2) is 5.58 Å². The molecule has 0 radical (unpaired) electrons. The van der Waals surface area contributed by atoms with Crippen molar-refractivity contribution in [2.24, 2.45) is 5.92 Å². The summed E-state index contributed by atoms with van der Waals surface area (Å²) in [5.74, 6) is 0.196. The fraction of sp³-hybridized carbons (Fsp3) is 0.556. The second kappa shape index (κ2) is 6.83. The van der Waals surface area contributed by atoms with Crippen molar-refractivity contribution < 1.29 is 13.6 Å². The zero-order valence-corrected chi connectivity index (χ0v) is 14.7. The van der Waals surface area contributed by atoms with Crippen molar-refractivity contribution in [3.05, 3.63) is 23.2 Å². The summed E-state index contributed by atoms with van der Waals surface area (Å²) in [5, 5.41) is 0.622. The van der Waals surface area contributed by atoms with Crippen LogP contribution in [0.15, 0.2) is 22.6 Å². The molecule has 2 aromatic rings. The lowest BCUT2D eigenvalue weighted by Crippen LogP contribution is -2.45. The SMILES string of the molecule is O=C(C1CCN(c2nc3ccc(Cl)cc3o2)CC1)N1CCC(F)CC1. The van der Waals surface area contributed by atoms with Crippen LogP contribution in [0.25, 0.3) is 11.1 Å². The molecule has 7 heteroatoms. The molecule has 1 amide bonds. The monoisotopic (exact) mass is 365 g/mol. The van der Waals surface area contributed by atoms with Crippen LogP contribution in [0.2, 0.25) is 5.02 Å². The number of nitrogens with zero attached hydrogens (tertiary/aromatic N) is 3. The van der Waals surface area contributed by atoms with Crippen molar-refractivity contribution >= 4 is 34.6 Å². The Hall–Kier alpha value is -1.82. The van der Waals surface area contributed by atoms with Crippen LogP contribution in [-0.4, -0.2) is 48.1 Å². The van der Waals surface area contributed by atoms with Crippen molar-refractivity contribution in [3.63, 3.8) is 0 Å². The predicted molar refractivity (Wildman–Crippen MR) is 94.7 cm³/mol. The highest BCUT2D eigenvalue weighted by Gasteiger charge is 2.31. The van der Waals surface area contributed by atoms with Gasteiger partial charge in [-0.05, 0) is 37.8 Å². The largest absolute Gasteiger partial charge is 0.423 e. The zero-order valence-electron chi connectivity index (χ0n) is 14.0. The Morgan fingerprint density at radius 3 is 2.60 bits per heavy atom. The van der Waals surface area contributed by atoms with Crippen LogP contribution < -0.4 is 4.90 Å². The van der Waals surface area contributed by atoms with Crippen molar-refractivity contribution in [1.82, 2.24) is 9.88 Å². The molecular formula is C18H21ClFN3O2. The van der Waals surface area contributed by atoms with Crippen LogP contribution in [0.5, 0.6) is 0 Å². The molecule has 1 aromatic carbocycles. The van der Waals surface area contributed by atoms with Gasteiger partial charge in [-0.1, -0.05) is 11.6 Å². The molecule has 0 unspecified atom stereocenters. The highest BCUT2D eigenvalue weighted by Crippen LogP contribution is 2.29. The van der Waals surface area contributed by atoms with Crippen LogP contribution in [0.4, 0.5) is 10.4 Å². The summed E-state index contributed by atoms with van der Waals surface area (Å²) in [6.07, 6.45) is 1.73. The zero-order chi connectivity index (χ0) is 17.4. The molecule has 1 aromatic heterocycles. The molecule has 0 saturated carbocycles. The number of hydrogen-bond donors (Lipinski definition) is 0. The number of carbonyl (C=O) groups excluding carboxylic acids is 1. The molecule has 5 nitrogen and oxygen atoms in total. The first kappa shape index (κ1) is 16.6. The summed E-state index contributed by atoms with van der Waals surface area (Å²) in [4.78, 5) is 21.0. The van der Waals surface area contributed by atoms with Gasteiger partial charge in [0, 0.05) is 43.2 Å². The molecule has 0 bridgehead atoms. The van der Waals surface area contributed by atoms with E-state index in [1.165, 1.54) is 0 Å². The number of anilines is 1. The molecule has 2 aliphatic heterocycles. The summed E-state index contributed by atoms with van der Waals surface area (Å²) in [6.45, 7) is 2.56. The average molecular weight is 366 g/mol. The summed E-state index contributed by atoms with van der Waals surface area (Å²) in [7, 11) is 0. The molecule has 134 valence electrons. The molecule has 0 N–H and O–H groups in total. The van der Waals surface area contributed by atoms with Gasteiger partial charge >= 0.3 is 0 Å². The lowest BCUT2D eigenvalue weighted by Gasteiger charge is -2.35. The molecule has 3 heterocycles. The Labute approximate surface area is 150 Å². The highest BCUT2D eigenvalue weighted by atomic mass is 35.5. The third-order valence-corrected chi connectivity index (χ3v) is 5.43. The number of halogens is 2. The van der Waals surface area contributed by atoms with E-state index in [0.29, 0.717) is 42.6 Å². The minimum atomic E-state index is -0.751. The smallest absolute Gasteiger partial charge is 0.298 e. The third kappa shape index (κ3) is 3.45. The first-order chi connectivity index (χ1) is 12.1. The summed E-state index contributed by atoms with van der Waals surface area (Å²) in [6, 6.07) is 5.98. The Kier molecular flexibility index (Phi) is 4.54. The van der Waals surface area contributed by atoms with E-state index in [-0.39, 0.29) is 11.8 Å². The molecule has 4 rings (SSSR count). The highest BCUT2D eigenvalue weighted by molar-refractivity contribution is 6.31. The van der Waals surface area contributed by atoms with E-state index >= 15 is 0 Å². The number of piperidine rings is 2. The standard InChI is InChI=1S/C18H21ClFN3O2/c19-13-1-2-15-16(11-13)25-18(21-15)23-7-3-12(4-8-23)17(24)22-9-5-14(20)6-10-22/h1-2,11-12,14H,3-10H2. The Morgan fingerprint density at radius 2 is 1.88 bits per heavy atom. The number of oxazole rings is 1. The molecule has 0 aliphatic carbocycles. The van der Waals surface area contributed by atoms with Gasteiger partial charge < -0.3 is 14.2 Å². The van der Waals surface area contributed by atoms with E-state index in [0.717, 1.165) is 31.4 Å². The third-order valence-electron chi connectivity index (χ3n) is 5.19. The predicted octanol–water partition coefficient (Wildman–Crippen LogP) is 3.66. The first-order valence-corrected chi connectivity index (χ1v) is 9.22. The van der Waals surface area contributed by atoms with Gasteiger partial charge in [-0.2, -0.15) is 4.98 Å². The number of carbonyl (C=O) groups is 1. The number of hydrogen-bond acceptors (Lipinski definition) is 4. The Morgan fingerprint density at radius 1 is 1.16 bits per heavy atom. The fourth-order valence-corrected chi connectivity index (χ4v) is 3.83. The summed E-state index contributed by atoms with van der Waals surface area (Å²) in [5.41, 5.74) is 1.46. The van der Waals surface area contributed by atoms with Crippen LogP contribution in [0, 0.1) is 5.92 Å². The Balaban J connectivity index is 1.38. The summed E-state index contributed by atoms with van der Waals surface area (Å²) < 4.78 is 19.0. The minimum absolute atomic E-state index is 0.0197. The maximum absolute atomic E-state index is 13.2. The first-order valence-electron chi connectivity index (χ1n) is 8.84. The van der Waals surface area contributed by atoms with Gasteiger partial charge in [-0.3, -0.25) is 4.79 Å². The number of alkyl halides is 1. The van der Waals surface area contributed by atoms with Crippen molar-refractivity contribution in [1.29, 1.82) is 0 Å². The lowest BCUT2D eigenvalue weighted by molar-refractivity contribution is -0.137. The molecular weight excluding hydrogens is 345 g/mol. The quantitative estimate of drug-likeness (QED) is 0.815. The van der Waals surface area contributed by atoms with E-state index in [1.54, 1.807) is 12.1 Å². The number of amides is 1. The number of aromatic nitrogens is 1. The van der Waals surface area contributed by atoms with Crippen LogP contribution in [0.1, 0.15) is 25.7 Å². The van der Waals surface area contributed by atoms with Crippen LogP contribution in [-0.2, 0) is 4.79 Å². The van der Waals surface area contributed by atoms with Gasteiger partial charge in [-0.15, -0.1) is 0 Å². The molecule has 0 spiro atoms. The van der Waals surface area contributed by atoms with Gasteiger partial charge in [0.1, 0.15) is 11.7 Å². The number of benzene rings is 1. The van der Waals surface area contributed by atoms with Crippen molar-refractivity contribution in [2.75, 3.05) is 31.1 Å². The van der Waals surface area contributed by atoms with Crippen molar-refractivity contribution in [3.8, 4) is 0 Å². The average Bonchev–Trinajstić information content (AvgIpc) is 3.05. The Bertz CT molecular complexity index is 765. The summed E-state index contributed by atoms with van der Waals surface area (Å²) >= 11 is 5.98. The number of rotatable bonds is 2.